The second-order valence-corrected chi connectivity index (χ2v) is 3.72. The number of aromatic carboxylic acids is 1. The van der Waals surface area contributed by atoms with E-state index in [-0.39, 0.29) is 25.3 Å². The van der Waals surface area contributed by atoms with E-state index in [1.807, 2.05) is 0 Å². The predicted octanol–water partition coefficient (Wildman–Crippen LogP) is 0.880. The Morgan fingerprint density at radius 2 is 2.00 bits per heavy atom. The number of hydrogen-bond acceptors (Lipinski definition) is 3. The standard InChI is InChI=1S/C9H8F3N3O3/c10-9(11,12)8(18)14-2-1-3-15-6(14)5(4-13-15)7(16)17/h4H,1-3H2,(H,16,17). The third-order valence-corrected chi connectivity index (χ3v) is 2.54. The van der Waals surface area contributed by atoms with Crippen molar-refractivity contribution in [1.29, 1.82) is 0 Å². The molecule has 0 bridgehead atoms. The van der Waals surface area contributed by atoms with Crippen LogP contribution in [0.15, 0.2) is 6.20 Å². The van der Waals surface area contributed by atoms with Crippen molar-refractivity contribution in [2.24, 2.45) is 0 Å². The summed E-state index contributed by atoms with van der Waals surface area (Å²) in [6, 6.07) is 0. The van der Waals surface area contributed by atoms with Crippen molar-refractivity contribution in [2.75, 3.05) is 11.4 Å². The van der Waals surface area contributed by atoms with Crippen LogP contribution >= 0.6 is 0 Å². The van der Waals surface area contributed by atoms with Crippen molar-refractivity contribution < 1.29 is 27.9 Å². The first kappa shape index (κ1) is 12.4. The number of aryl methyl sites for hydroxylation is 1. The third-order valence-electron chi connectivity index (χ3n) is 2.54. The summed E-state index contributed by atoms with van der Waals surface area (Å²) in [7, 11) is 0. The monoisotopic (exact) mass is 263 g/mol. The number of carbonyl (C=O) groups is 2. The fourth-order valence-corrected chi connectivity index (χ4v) is 1.81. The highest BCUT2D eigenvalue weighted by Crippen LogP contribution is 2.29. The molecule has 1 aromatic rings. The highest BCUT2D eigenvalue weighted by atomic mass is 19.4. The van der Waals surface area contributed by atoms with Gasteiger partial charge in [-0.05, 0) is 6.42 Å². The Kier molecular flexibility index (Phi) is 2.76. The number of nitrogens with zero attached hydrogens (tertiary/aromatic N) is 3. The number of carbonyl (C=O) groups excluding carboxylic acids is 1. The summed E-state index contributed by atoms with van der Waals surface area (Å²) >= 11 is 0. The predicted molar refractivity (Wildman–Crippen MR) is 52.2 cm³/mol. The molecule has 9 heteroatoms. The van der Waals surface area contributed by atoms with Gasteiger partial charge in [-0.25, -0.2) is 9.48 Å². The lowest BCUT2D eigenvalue weighted by atomic mass is 10.2. The molecule has 0 atom stereocenters. The quantitative estimate of drug-likeness (QED) is 0.816. The molecule has 1 aromatic heterocycles. The van der Waals surface area contributed by atoms with Gasteiger partial charge in [0.2, 0.25) is 0 Å². The van der Waals surface area contributed by atoms with Crippen molar-refractivity contribution in [1.82, 2.24) is 9.78 Å². The van der Waals surface area contributed by atoms with E-state index in [2.05, 4.69) is 5.10 Å². The van der Waals surface area contributed by atoms with Gasteiger partial charge >= 0.3 is 18.1 Å². The van der Waals surface area contributed by atoms with Crippen LogP contribution in [0.25, 0.3) is 0 Å². The van der Waals surface area contributed by atoms with Crippen LogP contribution in [0.5, 0.6) is 0 Å². The fraction of sp³-hybridized carbons (Fsp3) is 0.444. The van der Waals surface area contributed by atoms with E-state index in [1.54, 1.807) is 0 Å². The number of halogens is 3. The maximum Gasteiger partial charge on any atom is 0.471 e. The van der Waals surface area contributed by atoms with Crippen molar-refractivity contribution >= 4 is 17.7 Å². The van der Waals surface area contributed by atoms with Crippen LogP contribution in [0, 0.1) is 0 Å². The van der Waals surface area contributed by atoms with Crippen molar-refractivity contribution in [3.8, 4) is 0 Å². The van der Waals surface area contributed by atoms with E-state index in [0.717, 1.165) is 10.9 Å². The molecule has 1 amide bonds. The molecule has 0 saturated carbocycles. The van der Waals surface area contributed by atoms with E-state index >= 15 is 0 Å². The van der Waals surface area contributed by atoms with E-state index in [9.17, 15) is 22.8 Å². The second kappa shape index (κ2) is 4.00. The van der Waals surface area contributed by atoms with Crippen LogP contribution in [-0.2, 0) is 11.3 Å². The highest BCUT2D eigenvalue weighted by Gasteiger charge is 2.45. The van der Waals surface area contributed by atoms with Crippen LogP contribution in [0.3, 0.4) is 0 Å². The zero-order valence-electron chi connectivity index (χ0n) is 8.94. The van der Waals surface area contributed by atoms with Gasteiger partial charge in [0.15, 0.2) is 0 Å². The molecule has 1 aliphatic heterocycles. The number of aromatic nitrogens is 2. The van der Waals surface area contributed by atoms with Crippen LogP contribution in [0.1, 0.15) is 16.8 Å². The number of anilines is 1. The van der Waals surface area contributed by atoms with Crippen LogP contribution in [-0.4, -0.2) is 39.5 Å². The number of fused-ring (bicyclic) bond motifs is 1. The minimum Gasteiger partial charge on any atom is -0.477 e. The molecule has 98 valence electrons. The Morgan fingerprint density at radius 3 is 2.56 bits per heavy atom. The molecule has 1 aliphatic rings. The van der Waals surface area contributed by atoms with Gasteiger partial charge in [-0.2, -0.15) is 18.3 Å². The minimum absolute atomic E-state index is 0.176. The number of carboxylic acids is 1. The Hall–Kier alpha value is -2.06. The third kappa shape index (κ3) is 1.91. The van der Waals surface area contributed by atoms with E-state index in [4.69, 9.17) is 5.11 Å². The number of hydrogen-bond donors (Lipinski definition) is 1. The molecule has 0 radical (unpaired) electrons. The number of carboxylic acid groups (broad SMARTS) is 1. The van der Waals surface area contributed by atoms with Crippen LogP contribution < -0.4 is 4.90 Å². The molecule has 2 heterocycles. The van der Waals surface area contributed by atoms with Gasteiger partial charge in [0.25, 0.3) is 0 Å². The molecule has 0 fully saturated rings. The molecular formula is C9H8F3N3O3. The fourth-order valence-electron chi connectivity index (χ4n) is 1.81. The largest absolute Gasteiger partial charge is 0.477 e. The minimum atomic E-state index is -5.04. The average molecular weight is 263 g/mol. The Balaban J connectivity index is 2.47. The normalized spacial score (nSPS) is 15.4. The number of rotatable bonds is 1. The Labute approximate surface area is 98.6 Å². The molecule has 2 rings (SSSR count). The molecule has 0 spiro atoms. The van der Waals surface area contributed by atoms with Crippen molar-refractivity contribution in [3.05, 3.63) is 11.8 Å². The summed E-state index contributed by atoms with van der Waals surface area (Å²) in [6.45, 7) is 0.106. The molecular weight excluding hydrogens is 255 g/mol. The molecule has 1 N–H and O–H groups in total. The summed E-state index contributed by atoms with van der Waals surface area (Å²) < 4.78 is 38.3. The van der Waals surface area contributed by atoms with Crippen LogP contribution in [0.2, 0.25) is 0 Å². The Morgan fingerprint density at radius 1 is 1.33 bits per heavy atom. The van der Waals surface area contributed by atoms with Gasteiger partial charge in [-0.3, -0.25) is 9.69 Å². The van der Waals surface area contributed by atoms with Crippen molar-refractivity contribution in [3.63, 3.8) is 0 Å². The van der Waals surface area contributed by atoms with Gasteiger partial charge in [0.05, 0.1) is 6.20 Å². The van der Waals surface area contributed by atoms with Gasteiger partial charge in [0.1, 0.15) is 11.4 Å². The van der Waals surface area contributed by atoms with Crippen molar-refractivity contribution in [2.45, 2.75) is 19.1 Å². The smallest absolute Gasteiger partial charge is 0.471 e. The molecule has 6 nitrogen and oxygen atoms in total. The molecule has 0 aliphatic carbocycles. The van der Waals surface area contributed by atoms with Gasteiger partial charge in [-0.15, -0.1) is 0 Å². The summed E-state index contributed by atoms with van der Waals surface area (Å²) in [6.07, 6.45) is -3.81. The molecule has 18 heavy (non-hydrogen) atoms. The van der Waals surface area contributed by atoms with Crippen LogP contribution in [0.4, 0.5) is 19.0 Å². The lowest BCUT2D eigenvalue weighted by molar-refractivity contribution is -0.170. The average Bonchev–Trinajstić information content (AvgIpc) is 2.70. The Bertz CT molecular complexity index is 509. The highest BCUT2D eigenvalue weighted by molar-refractivity contribution is 6.02. The summed E-state index contributed by atoms with van der Waals surface area (Å²) in [5, 5.41) is 12.5. The molecule has 0 unspecified atom stereocenters. The number of alkyl halides is 3. The van der Waals surface area contributed by atoms with Gasteiger partial charge in [0, 0.05) is 13.1 Å². The van der Waals surface area contributed by atoms with E-state index < -0.39 is 23.6 Å². The first-order chi connectivity index (χ1) is 8.32. The summed E-state index contributed by atoms with van der Waals surface area (Å²) in [5.41, 5.74) is -0.410. The molecule has 0 aromatic carbocycles. The summed E-state index contributed by atoms with van der Waals surface area (Å²) in [4.78, 5) is 22.5. The first-order valence-electron chi connectivity index (χ1n) is 5.00. The lowest BCUT2D eigenvalue weighted by Gasteiger charge is -2.28. The topological polar surface area (TPSA) is 75.4 Å². The van der Waals surface area contributed by atoms with Gasteiger partial charge < -0.3 is 5.11 Å². The lowest BCUT2D eigenvalue weighted by Crippen LogP contribution is -2.45. The zero-order chi connectivity index (χ0) is 13.5. The molecule has 0 saturated heterocycles. The first-order valence-corrected chi connectivity index (χ1v) is 5.00. The maximum absolute atomic E-state index is 12.4. The van der Waals surface area contributed by atoms with E-state index in [1.165, 1.54) is 0 Å². The SMILES string of the molecule is O=C(O)c1cnn2c1N(C(=O)C(F)(F)F)CCC2. The zero-order valence-corrected chi connectivity index (χ0v) is 8.94. The van der Waals surface area contributed by atoms with Gasteiger partial charge in [-0.1, -0.05) is 0 Å². The maximum atomic E-state index is 12.4. The van der Waals surface area contributed by atoms with E-state index in [0.29, 0.717) is 4.90 Å². The number of amides is 1. The second-order valence-electron chi connectivity index (χ2n) is 3.72. The summed E-state index contributed by atoms with van der Waals surface area (Å²) in [5.74, 6) is -3.80.